The van der Waals surface area contributed by atoms with Gasteiger partial charge in [-0.15, -0.1) is 0 Å². The number of rotatable bonds is 5. The minimum atomic E-state index is 0.163. The molecule has 0 saturated carbocycles. The van der Waals surface area contributed by atoms with Crippen LogP contribution in [-0.4, -0.2) is 24.6 Å². The van der Waals surface area contributed by atoms with E-state index in [0.29, 0.717) is 0 Å². The molecule has 17 heavy (non-hydrogen) atoms. The highest BCUT2D eigenvalue weighted by Gasteiger charge is 2.23. The van der Waals surface area contributed by atoms with E-state index >= 15 is 0 Å². The third kappa shape index (κ3) is 3.19. The highest BCUT2D eigenvalue weighted by atomic mass is 15.2. The summed E-state index contributed by atoms with van der Waals surface area (Å²) in [6.45, 7) is 9.66. The molecule has 0 aliphatic heterocycles. The molecule has 0 aliphatic carbocycles. The molecule has 1 aromatic rings. The van der Waals surface area contributed by atoms with Crippen LogP contribution >= 0.6 is 0 Å². The molecule has 0 radical (unpaired) electrons. The highest BCUT2D eigenvalue weighted by Crippen LogP contribution is 2.28. The van der Waals surface area contributed by atoms with Crippen LogP contribution in [0.15, 0.2) is 12.3 Å². The lowest BCUT2D eigenvalue weighted by molar-refractivity contribution is 0.469. The smallest absolute Gasteiger partial charge is 0.0447 e. The fraction of sp³-hybridized carbons (Fsp3) is 0.643. The van der Waals surface area contributed by atoms with Gasteiger partial charge in [0.15, 0.2) is 0 Å². The number of aromatic nitrogens is 1. The lowest BCUT2D eigenvalue weighted by Gasteiger charge is -2.38. The lowest BCUT2D eigenvalue weighted by atomic mass is 9.98. The van der Waals surface area contributed by atoms with E-state index < -0.39 is 0 Å². The van der Waals surface area contributed by atoms with Crippen LogP contribution in [0, 0.1) is 6.92 Å². The van der Waals surface area contributed by atoms with Gasteiger partial charge in [0.25, 0.3) is 0 Å². The predicted molar refractivity (Wildman–Crippen MR) is 74.5 cm³/mol. The van der Waals surface area contributed by atoms with Gasteiger partial charge in [-0.25, -0.2) is 0 Å². The summed E-state index contributed by atoms with van der Waals surface area (Å²) in [5.41, 5.74) is 3.76. The minimum absolute atomic E-state index is 0.163. The van der Waals surface area contributed by atoms with Gasteiger partial charge in [0.05, 0.1) is 0 Å². The van der Waals surface area contributed by atoms with Crippen molar-refractivity contribution in [3.05, 3.63) is 23.5 Å². The molecular weight excluding hydrogens is 210 g/mol. The van der Waals surface area contributed by atoms with Gasteiger partial charge < -0.3 is 10.2 Å². The summed E-state index contributed by atoms with van der Waals surface area (Å²) in [5, 5.41) is 3.20. The molecule has 0 unspecified atom stereocenters. The van der Waals surface area contributed by atoms with E-state index in [1.54, 1.807) is 0 Å². The molecule has 3 nitrogen and oxygen atoms in total. The fourth-order valence-corrected chi connectivity index (χ4v) is 1.78. The zero-order valence-corrected chi connectivity index (χ0v) is 12.0. The zero-order valence-electron chi connectivity index (χ0n) is 12.0. The molecule has 0 saturated heterocycles. The molecule has 0 aliphatic rings. The number of aryl methyl sites for hydroxylation is 1. The molecule has 96 valence electrons. The van der Waals surface area contributed by atoms with Crippen LogP contribution in [-0.2, 0) is 6.54 Å². The summed E-state index contributed by atoms with van der Waals surface area (Å²) in [6, 6.07) is 2.17. The normalized spacial score (nSPS) is 11.6. The average Bonchev–Trinajstić information content (AvgIpc) is 2.30. The minimum Gasteiger partial charge on any atom is -0.369 e. The molecule has 1 N–H and O–H groups in total. The summed E-state index contributed by atoms with van der Waals surface area (Å²) >= 11 is 0. The van der Waals surface area contributed by atoms with Crippen LogP contribution in [0.3, 0.4) is 0 Å². The van der Waals surface area contributed by atoms with Gasteiger partial charge >= 0.3 is 0 Å². The summed E-state index contributed by atoms with van der Waals surface area (Å²) < 4.78 is 0. The van der Waals surface area contributed by atoms with Crippen LogP contribution in [0.2, 0.25) is 0 Å². The molecular formula is C14H25N3. The van der Waals surface area contributed by atoms with Crippen molar-refractivity contribution in [2.24, 2.45) is 0 Å². The summed E-state index contributed by atoms with van der Waals surface area (Å²) in [4.78, 5) is 6.74. The first-order valence-electron chi connectivity index (χ1n) is 6.26. The van der Waals surface area contributed by atoms with Gasteiger partial charge in [0.1, 0.15) is 0 Å². The Bertz CT molecular complexity index is 372. The Morgan fingerprint density at radius 3 is 2.59 bits per heavy atom. The maximum absolute atomic E-state index is 4.38. The molecule has 0 bridgehead atoms. The Hall–Kier alpha value is -1.09. The molecule has 1 rings (SSSR count). The molecule has 1 heterocycles. The Balaban J connectivity index is 3.14. The molecule has 3 heteroatoms. The van der Waals surface area contributed by atoms with Crippen molar-refractivity contribution < 1.29 is 0 Å². The van der Waals surface area contributed by atoms with Crippen LogP contribution in [0.5, 0.6) is 0 Å². The van der Waals surface area contributed by atoms with Crippen molar-refractivity contribution in [2.45, 2.75) is 46.2 Å². The van der Waals surface area contributed by atoms with Gasteiger partial charge in [-0.2, -0.15) is 0 Å². The second kappa shape index (κ2) is 5.50. The molecule has 0 atom stereocenters. The Labute approximate surface area is 105 Å². The van der Waals surface area contributed by atoms with Crippen LogP contribution in [0.1, 0.15) is 38.4 Å². The largest absolute Gasteiger partial charge is 0.369 e. The van der Waals surface area contributed by atoms with Gasteiger partial charge in [-0.1, -0.05) is 6.92 Å². The molecule has 0 spiro atoms. The van der Waals surface area contributed by atoms with Crippen LogP contribution < -0.4 is 10.2 Å². The lowest BCUT2D eigenvalue weighted by Crippen LogP contribution is -2.41. The molecule has 0 fully saturated rings. The van der Waals surface area contributed by atoms with Crippen molar-refractivity contribution in [3.63, 3.8) is 0 Å². The van der Waals surface area contributed by atoms with Gasteiger partial charge in [0, 0.05) is 42.3 Å². The molecule has 1 aromatic heterocycles. The first kappa shape index (κ1) is 14.0. The Morgan fingerprint density at radius 1 is 1.41 bits per heavy atom. The first-order chi connectivity index (χ1) is 7.92. The second-order valence-electron chi connectivity index (χ2n) is 5.21. The predicted octanol–water partition coefficient (Wildman–Crippen LogP) is 2.73. The van der Waals surface area contributed by atoms with Crippen molar-refractivity contribution >= 4 is 5.69 Å². The SMILES string of the molecule is CCC(C)(C)N(C)c1cc(C)ncc1CNC. The van der Waals surface area contributed by atoms with Gasteiger partial charge in [-0.3, -0.25) is 4.98 Å². The van der Waals surface area contributed by atoms with Crippen LogP contribution in [0.25, 0.3) is 0 Å². The quantitative estimate of drug-likeness (QED) is 0.850. The number of nitrogens with one attached hydrogen (secondary N) is 1. The van der Waals surface area contributed by atoms with Crippen molar-refractivity contribution in [1.29, 1.82) is 0 Å². The zero-order chi connectivity index (χ0) is 13.1. The third-order valence-electron chi connectivity index (χ3n) is 3.60. The van der Waals surface area contributed by atoms with E-state index in [1.165, 1.54) is 11.3 Å². The van der Waals surface area contributed by atoms with E-state index in [4.69, 9.17) is 0 Å². The summed E-state index contributed by atoms with van der Waals surface area (Å²) in [5.74, 6) is 0. The van der Waals surface area contributed by atoms with Crippen molar-refractivity contribution in [3.8, 4) is 0 Å². The standard InChI is InChI=1S/C14H25N3/c1-7-14(3,4)17(6)13-8-11(2)16-10-12(13)9-15-5/h8,10,15H,7,9H2,1-6H3. The number of hydrogen-bond acceptors (Lipinski definition) is 3. The molecule has 0 amide bonds. The summed E-state index contributed by atoms with van der Waals surface area (Å²) in [7, 11) is 4.13. The maximum Gasteiger partial charge on any atom is 0.0447 e. The van der Waals surface area contributed by atoms with Gasteiger partial charge in [0.2, 0.25) is 0 Å². The monoisotopic (exact) mass is 235 g/mol. The van der Waals surface area contributed by atoms with E-state index in [2.05, 4.69) is 49.1 Å². The van der Waals surface area contributed by atoms with Crippen molar-refractivity contribution in [2.75, 3.05) is 19.0 Å². The van der Waals surface area contributed by atoms with E-state index in [0.717, 1.165) is 18.7 Å². The summed E-state index contributed by atoms with van der Waals surface area (Å²) in [6.07, 6.45) is 3.09. The van der Waals surface area contributed by atoms with E-state index in [1.807, 2.05) is 20.2 Å². The number of nitrogens with zero attached hydrogens (tertiary/aromatic N) is 2. The van der Waals surface area contributed by atoms with Gasteiger partial charge in [-0.05, 0) is 40.3 Å². The van der Waals surface area contributed by atoms with E-state index in [-0.39, 0.29) is 5.54 Å². The molecule has 0 aromatic carbocycles. The van der Waals surface area contributed by atoms with Crippen LogP contribution in [0.4, 0.5) is 5.69 Å². The number of anilines is 1. The number of hydrogen-bond donors (Lipinski definition) is 1. The second-order valence-corrected chi connectivity index (χ2v) is 5.21. The fourth-order valence-electron chi connectivity index (χ4n) is 1.78. The Kier molecular flexibility index (Phi) is 4.52. The number of pyridine rings is 1. The first-order valence-corrected chi connectivity index (χ1v) is 6.26. The average molecular weight is 235 g/mol. The van der Waals surface area contributed by atoms with Crippen molar-refractivity contribution in [1.82, 2.24) is 10.3 Å². The third-order valence-corrected chi connectivity index (χ3v) is 3.60. The maximum atomic E-state index is 4.38. The Morgan fingerprint density at radius 2 is 2.06 bits per heavy atom. The highest BCUT2D eigenvalue weighted by molar-refractivity contribution is 5.54. The van der Waals surface area contributed by atoms with E-state index in [9.17, 15) is 0 Å². The topological polar surface area (TPSA) is 28.2 Å².